The Morgan fingerprint density at radius 2 is 1.81 bits per heavy atom. The van der Waals surface area contributed by atoms with Crippen LogP contribution < -0.4 is 11.1 Å². The minimum atomic E-state index is -1.16. The number of carbonyl (C=O) groups excluding carboxylic acids is 1. The number of nitrogens with zero attached hydrogens (tertiary/aromatic N) is 1. The van der Waals surface area contributed by atoms with Crippen molar-refractivity contribution in [3.63, 3.8) is 0 Å². The van der Waals surface area contributed by atoms with Crippen LogP contribution in [0.4, 0.5) is 11.4 Å². The van der Waals surface area contributed by atoms with E-state index in [0.717, 1.165) is 0 Å². The summed E-state index contributed by atoms with van der Waals surface area (Å²) in [4.78, 5) is 23.2. The molecule has 104 valence electrons. The van der Waals surface area contributed by atoms with Gasteiger partial charge in [0.2, 0.25) is 0 Å². The highest BCUT2D eigenvalue weighted by Gasteiger charge is 2.14. The summed E-state index contributed by atoms with van der Waals surface area (Å²) in [5.41, 5.74) is 6.76. The topological polar surface area (TPSA) is 116 Å². The third kappa shape index (κ3) is 3.16. The Balaban J connectivity index is 2.28. The van der Waals surface area contributed by atoms with E-state index in [2.05, 4.69) is 5.32 Å². The number of nitrogens with two attached hydrogens (primary N) is 1. The predicted octanol–water partition coefficient (Wildman–Crippen LogP) is 2.09. The lowest BCUT2D eigenvalue weighted by Gasteiger charge is -2.09. The van der Waals surface area contributed by atoms with Crippen LogP contribution in [0.25, 0.3) is 0 Å². The Labute approximate surface area is 120 Å². The van der Waals surface area contributed by atoms with Gasteiger partial charge in [-0.3, -0.25) is 4.79 Å². The molecule has 0 aliphatic carbocycles. The Morgan fingerprint density at radius 1 is 1.14 bits per heavy atom. The van der Waals surface area contributed by atoms with Crippen LogP contribution in [-0.4, -0.2) is 17.0 Å². The van der Waals surface area contributed by atoms with Crippen molar-refractivity contribution in [1.82, 2.24) is 0 Å². The van der Waals surface area contributed by atoms with Crippen molar-refractivity contribution < 1.29 is 14.7 Å². The molecule has 2 aromatic rings. The maximum Gasteiger partial charge on any atom is 0.337 e. The van der Waals surface area contributed by atoms with E-state index in [4.69, 9.17) is 16.1 Å². The van der Waals surface area contributed by atoms with Crippen LogP contribution in [0.5, 0.6) is 0 Å². The van der Waals surface area contributed by atoms with Gasteiger partial charge in [0.1, 0.15) is 0 Å². The summed E-state index contributed by atoms with van der Waals surface area (Å²) in [5.74, 6) is -1.64. The number of amides is 1. The number of hydrogen-bond acceptors (Lipinski definition) is 4. The molecule has 0 aliphatic heterocycles. The number of carbonyl (C=O) groups is 2. The Bertz CT molecular complexity index is 746. The van der Waals surface area contributed by atoms with Crippen LogP contribution in [0.2, 0.25) is 0 Å². The number of rotatable bonds is 3. The van der Waals surface area contributed by atoms with E-state index in [9.17, 15) is 9.59 Å². The summed E-state index contributed by atoms with van der Waals surface area (Å²) in [6.07, 6.45) is 0. The number of benzene rings is 2. The second-order valence-corrected chi connectivity index (χ2v) is 4.25. The number of aromatic carboxylic acids is 1. The van der Waals surface area contributed by atoms with Crippen LogP contribution in [0, 0.1) is 11.3 Å². The van der Waals surface area contributed by atoms with Gasteiger partial charge in [-0.2, -0.15) is 5.26 Å². The van der Waals surface area contributed by atoms with Crippen molar-refractivity contribution in [1.29, 1.82) is 5.26 Å². The first kappa shape index (κ1) is 14.1. The highest BCUT2D eigenvalue weighted by molar-refractivity contribution is 6.08. The molecule has 0 saturated heterocycles. The Kier molecular flexibility index (Phi) is 3.86. The predicted molar refractivity (Wildman–Crippen MR) is 76.9 cm³/mol. The molecule has 1 amide bonds. The smallest absolute Gasteiger partial charge is 0.337 e. The fourth-order valence-corrected chi connectivity index (χ4v) is 1.74. The minimum absolute atomic E-state index is 0.0498. The lowest BCUT2D eigenvalue weighted by atomic mass is 10.1. The van der Waals surface area contributed by atoms with Crippen molar-refractivity contribution in [2.24, 2.45) is 0 Å². The quantitative estimate of drug-likeness (QED) is 0.745. The van der Waals surface area contributed by atoms with Gasteiger partial charge < -0.3 is 16.2 Å². The van der Waals surface area contributed by atoms with E-state index >= 15 is 0 Å². The van der Waals surface area contributed by atoms with Crippen molar-refractivity contribution in [3.05, 3.63) is 59.2 Å². The van der Waals surface area contributed by atoms with E-state index in [1.54, 1.807) is 0 Å². The number of carboxylic acid groups (broad SMARTS) is 1. The molecular formula is C15H11N3O3. The molecule has 0 radical (unpaired) electrons. The number of carboxylic acids is 1. The number of nitrogen functional groups attached to an aromatic ring is 1. The van der Waals surface area contributed by atoms with Crippen LogP contribution in [0.1, 0.15) is 26.3 Å². The third-order valence-electron chi connectivity index (χ3n) is 2.80. The minimum Gasteiger partial charge on any atom is -0.478 e. The second-order valence-electron chi connectivity index (χ2n) is 4.25. The van der Waals surface area contributed by atoms with Gasteiger partial charge >= 0.3 is 5.97 Å². The molecule has 6 nitrogen and oxygen atoms in total. The number of nitrogens with one attached hydrogen (secondary N) is 1. The largest absolute Gasteiger partial charge is 0.478 e. The van der Waals surface area contributed by atoms with Crippen LogP contribution in [0.3, 0.4) is 0 Å². The van der Waals surface area contributed by atoms with Crippen LogP contribution in [-0.2, 0) is 0 Å². The zero-order chi connectivity index (χ0) is 15.4. The fourth-order valence-electron chi connectivity index (χ4n) is 1.74. The van der Waals surface area contributed by atoms with E-state index in [0.29, 0.717) is 16.8 Å². The zero-order valence-corrected chi connectivity index (χ0v) is 10.8. The maximum absolute atomic E-state index is 12.1. The standard InChI is InChI=1S/C15H11N3O3/c16-8-9-1-3-10(4-2-9)14(19)18-13-7-11(17)5-6-12(13)15(20)21/h1-7H,17H2,(H,18,19)(H,20,21). The molecule has 0 aromatic heterocycles. The van der Waals surface area contributed by atoms with Crippen molar-refractivity contribution in [2.45, 2.75) is 0 Å². The molecule has 0 aliphatic rings. The van der Waals surface area contributed by atoms with Gasteiger partial charge in [-0.25, -0.2) is 4.79 Å². The first-order chi connectivity index (χ1) is 10.0. The van der Waals surface area contributed by atoms with E-state index in [-0.39, 0.29) is 11.3 Å². The van der Waals surface area contributed by atoms with E-state index in [1.807, 2.05) is 6.07 Å². The maximum atomic E-state index is 12.1. The molecule has 6 heteroatoms. The molecular weight excluding hydrogens is 270 g/mol. The monoisotopic (exact) mass is 281 g/mol. The number of anilines is 2. The molecule has 0 unspecified atom stereocenters. The molecule has 0 heterocycles. The summed E-state index contributed by atoms with van der Waals surface area (Å²) in [5, 5.41) is 20.3. The van der Waals surface area contributed by atoms with Crippen LogP contribution in [0.15, 0.2) is 42.5 Å². The van der Waals surface area contributed by atoms with Gasteiger partial charge in [0, 0.05) is 11.3 Å². The summed E-state index contributed by atoms with van der Waals surface area (Å²) in [7, 11) is 0. The highest BCUT2D eigenvalue weighted by Crippen LogP contribution is 2.20. The molecule has 2 rings (SSSR count). The fraction of sp³-hybridized carbons (Fsp3) is 0. The lowest BCUT2D eigenvalue weighted by Crippen LogP contribution is -2.15. The molecule has 2 aromatic carbocycles. The average Bonchev–Trinajstić information content (AvgIpc) is 2.47. The SMILES string of the molecule is N#Cc1ccc(C(=O)Nc2cc(N)ccc2C(=O)O)cc1. The van der Waals surface area contributed by atoms with E-state index in [1.165, 1.54) is 42.5 Å². The van der Waals surface area contributed by atoms with Crippen molar-refractivity contribution in [2.75, 3.05) is 11.1 Å². The first-order valence-corrected chi connectivity index (χ1v) is 5.95. The highest BCUT2D eigenvalue weighted by atomic mass is 16.4. The van der Waals surface area contributed by atoms with Gasteiger partial charge in [0.05, 0.1) is 22.9 Å². The molecule has 0 bridgehead atoms. The summed E-state index contributed by atoms with van der Waals surface area (Å²) in [6, 6.07) is 12.1. The van der Waals surface area contributed by atoms with Gasteiger partial charge in [-0.15, -0.1) is 0 Å². The zero-order valence-electron chi connectivity index (χ0n) is 10.8. The molecule has 0 atom stereocenters. The summed E-state index contributed by atoms with van der Waals surface area (Å²) >= 11 is 0. The van der Waals surface area contributed by atoms with Gasteiger partial charge in [0.15, 0.2) is 0 Å². The molecule has 0 spiro atoms. The molecule has 0 fully saturated rings. The van der Waals surface area contributed by atoms with Gasteiger partial charge in [-0.05, 0) is 42.5 Å². The second kappa shape index (κ2) is 5.75. The lowest BCUT2D eigenvalue weighted by molar-refractivity contribution is 0.0698. The van der Waals surface area contributed by atoms with E-state index < -0.39 is 11.9 Å². The summed E-state index contributed by atoms with van der Waals surface area (Å²) in [6.45, 7) is 0. The molecule has 0 saturated carbocycles. The Hall–Kier alpha value is -3.33. The average molecular weight is 281 g/mol. The first-order valence-electron chi connectivity index (χ1n) is 5.95. The van der Waals surface area contributed by atoms with Gasteiger partial charge in [-0.1, -0.05) is 0 Å². The number of hydrogen-bond donors (Lipinski definition) is 3. The normalized spacial score (nSPS) is 9.67. The van der Waals surface area contributed by atoms with Crippen LogP contribution >= 0.6 is 0 Å². The van der Waals surface area contributed by atoms with Crippen molar-refractivity contribution in [3.8, 4) is 6.07 Å². The summed E-state index contributed by atoms with van der Waals surface area (Å²) < 4.78 is 0. The van der Waals surface area contributed by atoms with Gasteiger partial charge in [0.25, 0.3) is 5.91 Å². The third-order valence-corrected chi connectivity index (χ3v) is 2.80. The molecule has 4 N–H and O–H groups in total. The Morgan fingerprint density at radius 3 is 2.38 bits per heavy atom. The van der Waals surface area contributed by atoms with Crippen molar-refractivity contribution >= 4 is 23.3 Å². The molecule has 21 heavy (non-hydrogen) atoms. The number of nitriles is 1.